The summed E-state index contributed by atoms with van der Waals surface area (Å²) in [7, 11) is 0. The molecule has 1 aliphatic rings. The summed E-state index contributed by atoms with van der Waals surface area (Å²) in [5.74, 6) is -0.780. The van der Waals surface area contributed by atoms with Gasteiger partial charge in [-0.25, -0.2) is 0 Å². The SMILES string of the molecule is CCCO[C@@H]1CN[C@H](C(=O)O)C1. The van der Waals surface area contributed by atoms with Gasteiger partial charge in [0.2, 0.25) is 0 Å². The van der Waals surface area contributed by atoms with E-state index in [4.69, 9.17) is 9.84 Å². The van der Waals surface area contributed by atoms with Crippen LogP contribution in [0.5, 0.6) is 0 Å². The second-order valence-corrected chi connectivity index (χ2v) is 3.03. The summed E-state index contributed by atoms with van der Waals surface area (Å²) in [5.41, 5.74) is 0. The molecule has 12 heavy (non-hydrogen) atoms. The van der Waals surface area contributed by atoms with Crippen LogP contribution in [0.3, 0.4) is 0 Å². The number of rotatable bonds is 4. The molecule has 1 aliphatic heterocycles. The van der Waals surface area contributed by atoms with Gasteiger partial charge in [-0.05, 0) is 6.42 Å². The minimum absolute atomic E-state index is 0.0889. The lowest BCUT2D eigenvalue weighted by molar-refractivity contribution is -0.139. The summed E-state index contributed by atoms with van der Waals surface area (Å²) in [6.45, 7) is 3.42. The van der Waals surface area contributed by atoms with Gasteiger partial charge in [0.05, 0.1) is 6.10 Å². The smallest absolute Gasteiger partial charge is 0.320 e. The summed E-state index contributed by atoms with van der Waals surface area (Å²) >= 11 is 0. The predicted octanol–water partition coefficient (Wildman–Crippen LogP) is 0.228. The zero-order valence-electron chi connectivity index (χ0n) is 7.25. The van der Waals surface area contributed by atoms with E-state index in [9.17, 15) is 4.79 Å². The Bertz CT molecular complexity index is 160. The zero-order valence-corrected chi connectivity index (χ0v) is 7.25. The molecule has 1 fully saturated rings. The van der Waals surface area contributed by atoms with Crippen molar-refractivity contribution in [3.05, 3.63) is 0 Å². The Labute approximate surface area is 71.9 Å². The van der Waals surface area contributed by atoms with Crippen LogP contribution in [-0.2, 0) is 9.53 Å². The van der Waals surface area contributed by atoms with Crippen LogP contribution in [0.25, 0.3) is 0 Å². The van der Waals surface area contributed by atoms with Crippen molar-refractivity contribution in [2.45, 2.75) is 31.9 Å². The highest BCUT2D eigenvalue weighted by Crippen LogP contribution is 2.10. The Balaban J connectivity index is 2.21. The molecule has 0 amide bonds. The molecule has 2 N–H and O–H groups in total. The van der Waals surface area contributed by atoms with Crippen molar-refractivity contribution in [3.8, 4) is 0 Å². The lowest BCUT2D eigenvalue weighted by Gasteiger charge is -2.08. The van der Waals surface area contributed by atoms with Gasteiger partial charge < -0.3 is 15.2 Å². The molecule has 0 spiro atoms. The summed E-state index contributed by atoms with van der Waals surface area (Å²) < 4.78 is 5.41. The molecule has 1 saturated heterocycles. The highest BCUT2D eigenvalue weighted by atomic mass is 16.5. The first-order valence-electron chi connectivity index (χ1n) is 4.31. The van der Waals surface area contributed by atoms with Crippen molar-refractivity contribution >= 4 is 5.97 Å². The molecule has 0 aromatic heterocycles. The molecule has 4 nitrogen and oxygen atoms in total. The average molecular weight is 173 g/mol. The molecule has 0 saturated carbocycles. The molecule has 0 aromatic carbocycles. The van der Waals surface area contributed by atoms with E-state index < -0.39 is 12.0 Å². The number of carbonyl (C=O) groups is 1. The number of nitrogens with one attached hydrogen (secondary N) is 1. The lowest BCUT2D eigenvalue weighted by Crippen LogP contribution is -2.29. The van der Waals surface area contributed by atoms with E-state index in [1.165, 1.54) is 0 Å². The molecule has 1 heterocycles. The van der Waals surface area contributed by atoms with Crippen LogP contribution in [0.1, 0.15) is 19.8 Å². The molecule has 1 rings (SSSR count). The van der Waals surface area contributed by atoms with Gasteiger partial charge in [0.15, 0.2) is 0 Å². The third-order valence-corrected chi connectivity index (χ3v) is 1.95. The summed E-state index contributed by atoms with van der Waals surface area (Å²) in [4.78, 5) is 10.5. The Kier molecular flexibility index (Phi) is 3.49. The number of ether oxygens (including phenoxy) is 1. The lowest BCUT2D eigenvalue weighted by atomic mass is 10.2. The molecule has 0 aliphatic carbocycles. The fraction of sp³-hybridized carbons (Fsp3) is 0.875. The number of carboxylic acid groups (broad SMARTS) is 1. The van der Waals surface area contributed by atoms with E-state index in [-0.39, 0.29) is 6.10 Å². The van der Waals surface area contributed by atoms with E-state index in [1.54, 1.807) is 0 Å². The first kappa shape index (κ1) is 9.48. The fourth-order valence-corrected chi connectivity index (χ4v) is 1.30. The Hall–Kier alpha value is -0.610. The number of aliphatic carboxylic acids is 1. The van der Waals surface area contributed by atoms with Gasteiger partial charge >= 0.3 is 5.97 Å². The maximum Gasteiger partial charge on any atom is 0.320 e. The van der Waals surface area contributed by atoms with Gasteiger partial charge in [0.1, 0.15) is 6.04 Å². The summed E-state index contributed by atoms with van der Waals surface area (Å²) in [6.07, 6.45) is 1.66. The van der Waals surface area contributed by atoms with E-state index in [0.717, 1.165) is 13.0 Å². The van der Waals surface area contributed by atoms with Crippen molar-refractivity contribution in [3.63, 3.8) is 0 Å². The van der Waals surface area contributed by atoms with Crippen molar-refractivity contribution in [1.82, 2.24) is 5.32 Å². The molecule has 0 aromatic rings. The topological polar surface area (TPSA) is 58.6 Å². The second kappa shape index (κ2) is 4.42. The first-order valence-corrected chi connectivity index (χ1v) is 4.31. The van der Waals surface area contributed by atoms with Crippen LogP contribution in [0, 0.1) is 0 Å². The Morgan fingerprint density at radius 2 is 2.50 bits per heavy atom. The van der Waals surface area contributed by atoms with Crippen LogP contribution < -0.4 is 5.32 Å². The van der Waals surface area contributed by atoms with E-state index in [0.29, 0.717) is 13.0 Å². The van der Waals surface area contributed by atoms with Crippen molar-refractivity contribution < 1.29 is 14.6 Å². The molecule has 0 radical (unpaired) electrons. The molecular formula is C8H15NO3. The number of carboxylic acids is 1. The van der Waals surface area contributed by atoms with Gasteiger partial charge in [-0.15, -0.1) is 0 Å². The average Bonchev–Trinajstić information content (AvgIpc) is 2.48. The van der Waals surface area contributed by atoms with Gasteiger partial charge in [0, 0.05) is 19.6 Å². The van der Waals surface area contributed by atoms with Crippen LogP contribution in [0.15, 0.2) is 0 Å². The standard InChI is InChI=1S/C8H15NO3/c1-2-3-12-6-4-7(8(10)11)9-5-6/h6-7,9H,2-5H2,1H3,(H,10,11)/t6-,7-/m0/s1. The van der Waals surface area contributed by atoms with Crippen LogP contribution in [0.4, 0.5) is 0 Å². The Morgan fingerprint density at radius 3 is 3.00 bits per heavy atom. The van der Waals surface area contributed by atoms with E-state index in [2.05, 4.69) is 5.32 Å². The number of hydrogen-bond acceptors (Lipinski definition) is 3. The van der Waals surface area contributed by atoms with Crippen LogP contribution >= 0.6 is 0 Å². The second-order valence-electron chi connectivity index (χ2n) is 3.03. The molecule has 70 valence electrons. The number of hydrogen-bond donors (Lipinski definition) is 2. The van der Waals surface area contributed by atoms with Crippen LogP contribution in [-0.4, -0.2) is 36.4 Å². The minimum Gasteiger partial charge on any atom is -0.480 e. The quantitative estimate of drug-likeness (QED) is 0.639. The Morgan fingerprint density at radius 1 is 1.75 bits per heavy atom. The van der Waals surface area contributed by atoms with Gasteiger partial charge in [-0.2, -0.15) is 0 Å². The summed E-state index contributed by atoms with van der Waals surface area (Å²) in [6, 6.07) is -0.410. The van der Waals surface area contributed by atoms with Gasteiger partial charge in [-0.3, -0.25) is 4.79 Å². The highest BCUT2D eigenvalue weighted by Gasteiger charge is 2.29. The first-order chi connectivity index (χ1) is 5.74. The monoisotopic (exact) mass is 173 g/mol. The largest absolute Gasteiger partial charge is 0.480 e. The third-order valence-electron chi connectivity index (χ3n) is 1.95. The van der Waals surface area contributed by atoms with Crippen LogP contribution in [0.2, 0.25) is 0 Å². The minimum atomic E-state index is -0.780. The predicted molar refractivity (Wildman–Crippen MR) is 44.1 cm³/mol. The highest BCUT2D eigenvalue weighted by molar-refractivity contribution is 5.73. The van der Waals surface area contributed by atoms with E-state index >= 15 is 0 Å². The van der Waals surface area contributed by atoms with E-state index in [1.807, 2.05) is 6.92 Å². The maximum atomic E-state index is 10.5. The van der Waals surface area contributed by atoms with Crippen molar-refractivity contribution in [1.29, 1.82) is 0 Å². The zero-order chi connectivity index (χ0) is 8.97. The fourth-order valence-electron chi connectivity index (χ4n) is 1.30. The normalized spacial score (nSPS) is 29.1. The maximum absolute atomic E-state index is 10.5. The molecular weight excluding hydrogens is 158 g/mol. The molecule has 0 unspecified atom stereocenters. The molecule has 0 bridgehead atoms. The third kappa shape index (κ3) is 2.46. The molecule has 4 heteroatoms. The van der Waals surface area contributed by atoms with Gasteiger partial charge in [-0.1, -0.05) is 6.92 Å². The molecule has 2 atom stereocenters. The van der Waals surface area contributed by atoms with Gasteiger partial charge in [0.25, 0.3) is 0 Å². The summed E-state index contributed by atoms with van der Waals surface area (Å²) in [5, 5.41) is 11.5. The van der Waals surface area contributed by atoms with Crippen molar-refractivity contribution in [2.24, 2.45) is 0 Å². The van der Waals surface area contributed by atoms with Crippen molar-refractivity contribution in [2.75, 3.05) is 13.2 Å².